The van der Waals surface area contributed by atoms with Gasteiger partial charge in [-0.15, -0.1) is 0 Å². The van der Waals surface area contributed by atoms with Gasteiger partial charge in [-0.1, -0.05) is 28.1 Å². The first-order valence-electron chi connectivity index (χ1n) is 7.39. The van der Waals surface area contributed by atoms with E-state index in [2.05, 4.69) is 33.4 Å². The molecule has 24 heavy (non-hydrogen) atoms. The third-order valence-corrected chi connectivity index (χ3v) is 4.51. The molecule has 0 saturated heterocycles. The molecule has 1 aromatic carbocycles. The molecule has 1 aliphatic heterocycles. The normalized spacial score (nSPS) is 15.0. The van der Waals surface area contributed by atoms with Gasteiger partial charge >= 0.3 is 0 Å². The lowest BCUT2D eigenvalue weighted by Gasteiger charge is -2.24. The number of dihydropyridines is 1. The fourth-order valence-electron chi connectivity index (χ4n) is 2.88. The van der Waals surface area contributed by atoms with Crippen LogP contribution in [-0.4, -0.2) is 0 Å². The molecule has 1 aromatic heterocycles. The van der Waals surface area contributed by atoms with Crippen molar-refractivity contribution < 1.29 is 4.42 Å². The molecule has 0 atom stereocenters. The summed E-state index contributed by atoms with van der Waals surface area (Å²) in [5.74, 6) is 0.829. The van der Waals surface area contributed by atoms with Crippen LogP contribution < -0.4 is 5.32 Å². The van der Waals surface area contributed by atoms with E-state index in [1.165, 1.54) is 0 Å². The molecule has 0 radical (unpaired) electrons. The third kappa shape index (κ3) is 2.75. The number of nitrogens with one attached hydrogen (secondary N) is 1. The van der Waals surface area contributed by atoms with Crippen molar-refractivity contribution in [3.63, 3.8) is 0 Å². The van der Waals surface area contributed by atoms with Gasteiger partial charge in [-0.3, -0.25) is 0 Å². The summed E-state index contributed by atoms with van der Waals surface area (Å²) in [5, 5.41) is 22.1. The fraction of sp³-hybridized carbons (Fsp3) is 0.158. The fourth-order valence-corrected chi connectivity index (χ4v) is 3.28. The molecular weight excluding hydrogens is 366 g/mol. The van der Waals surface area contributed by atoms with Crippen LogP contribution in [0.2, 0.25) is 0 Å². The summed E-state index contributed by atoms with van der Waals surface area (Å²) in [6.07, 6.45) is 0. The molecular formula is C19H14BrN3O. The predicted molar refractivity (Wildman–Crippen MR) is 94.3 cm³/mol. The Hall–Kier alpha value is -2.76. The zero-order valence-corrected chi connectivity index (χ0v) is 14.8. The first kappa shape index (κ1) is 16.1. The molecule has 2 heterocycles. The van der Waals surface area contributed by atoms with E-state index in [9.17, 15) is 10.5 Å². The molecule has 0 spiro atoms. The summed E-state index contributed by atoms with van der Waals surface area (Å²) in [4.78, 5) is 0. The maximum atomic E-state index is 9.53. The molecule has 0 fully saturated rings. The molecule has 4 nitrogen and oxygen atoms in total. The largest absolute Gasteiger partial charge is 0.460 e. The molecule has 1 aliphatic rings. The van der Waals surface area contributed by atoms with Crippen LogP contribution in [0.1, 0.15) is 25.5 Å². The lowest BCUT2D eigenvalue weighted by atomic mass is 9.85. The van der Waals surface area contributed by atoms with Crippen LogP contribution in [0.3, 0.4) is 0 Å². The van der Waals surface area contributed by atoms with Gasteiger partial charge < -0.3 is 9.73 Å². The van der Waals surface area contributed by atoms with E-state index in [-0.39, 0.29) is 0 Å². The number of hydrogen-bond donors (Lipinski definition) is 1. The second-order valence-electron chi connectivity index (χ2n) is 5.57. The van der Waals surface area contributed by atoms with Crippen molar-refractivity contribution in [2.45, 2.75) is 19.8 Å². The Kier molecular flexibility index (Phi) is 4.29. The number of nitrogens with zero attached hydrogens (tertiary/aromatic N) is 2. The molecule has 0 saturated carbocycles. The van der Waals surface area contributed by atoms with Gasteiger partial charge in [0.05, 0.1) is 29.2 Å². The number of furan rings is 1. The average molecular weight is 380 g/mol. The second-order valence-corrected chi connectivity index (χ2v) is 6.49. The molecule has 0 aliphatic carbocycles. The minimum absolute atomic E-state index is 0.470. The lowest BCUT2D eigenvalue weighted by molar-refractivity contribution is 0.511. The van der Waals surface area contributed by atoms with Crippen molar-refractivity contribution in [1.82, 2.24) is 5.32 Å². The molecule has 3 rings (SSSR count). The summed E-state index contributed by atoms with van der Waals surface area (Å²) in [5.41, 5.74) is 3.45. The van der Waals surface area contributed by atoms with Gasteiger partial charge in [0.25, 0.3) is 0 Å². The Bertz CT molecular complexity index is 917. The van der Waals surface area contributed by atoms with E-state index < -0.39 is 5.92 Å². The van der Waals surface area contributed by atoms with Crippen molar-refractivity contribution in [2.24, 2.45) is 0 Å². The highest BCUT2D eigenvalue weighted by molar-refractivity contribution is 9.10. The van der Waals surface area contributed by atoms with Crippen molar-refractivity contribution in [2.75, 3.05) is 0 Å². The summed E-state index contributed by atoms with van der Waals surface area (Å²) < 4.78 is 6.97. The molecule has 0 amide bonds. The quantitative estimate of drug-likeness (QED) is 0.797. The highest BCUT2D eigenvalue weighted by Gasteiger charge is 2.31. The lowest BCUT2D eigenvalue weighted by Crippen LogP contribution is -2.23. The third-order valence-electron chi connectivity index (χ3n) is 4.02. The first-order chi connectivity index (χ1) is 11.5. The van der Waals surface area contributed by atoms with Crippen LogP contribution in [0.4, 0.5) is 0 Å². The van der Waals surface area contributed by atoms with Crippen LogP contribution in [0.25, 0.3) is 11.3 Å². The Morgan fingerprint density at radius 3 is 2.29 bits per heavy atom. The molecule has 0 unspecified atom stereocenters. The van der Waals surface area contributed by atoms with E-state index in [1.54, 1.807) is 0 Å². The number of nitriles is 2. The van der Waals surface area contributed by atoms with Crippen molar-refractivity contribution >= 4 is 15.9 Å². The van der Waals surface area contributed by atoms with Gasteiger partial charge in [0.1, 0.15) is 11.5 Å². The van der Waals surface area contributed by atoms with Crippen LogP contribution in [-0.2, 0) is 0 Å². The van der Waals surface area contributed by atoms with Crippen molar-refractivity contribution in [3.05, 3.63) is 69.2 Å². The SMILES string of the molecule is CC1=C(C#N)C(c2ccc(-c3cccc(Br)c3)o2)C(C#N)=C(C)N1. The zero-order valence-electron chi connectivity index (χ0n) is 13.2. The molecule has 2 aromatic rings. The highest BCUT2D eigenvalue weighted by Crippen LogP contribution is 2.39. The van der Waals surface area contributed by atoms with E-state index in [0.29, 0.717) is 22.7 Å². The number of hydrogen-bond acceptors (Lipinski definition) is 4. The van der Waals surface area contributed by atoms with Gasteiger partial charge in [-0.25, -0.2) is 0 Å². The van der Waals surface area contributed by atoms with Gasteiger partial charge in [0.2, 0.25) is 0 Å². The summed E-state index contributed by atoms with van der Waals surface area (Å²) >= 11 is 3.45. The number of allylic oxidation sites excluding steroid dienone is 4. The maximum Gasteiger partial charge on any atom is 0.134 e. The minimum atomic E-state index is -0.470. The second kappa shape index (κ2) is 6.39. The Labute approximate surface area is 148 Å². The van der Waals surface area contributed by atoms with E-state index >= 15 is 0 Å². The van der Waals surface area contributed by atoms with Crippen molar-refractivity contribution in [3.8, 4) is 23.5 Å². The standard InChI is InChI=1S/C19H14BrN3O/c1-11-15(9-21)19(16(10-22)12(2)23-11)18-7-6-17(24-18)13-4-3-5-14(20)8-13/h3-8,19,23H,1-2H3. The van der Waals surface area contributed by atoms with Crippen molar-refractivity contribution in [1.29, 1.82) is 10.5 Å². The van der Waals surface area contributed by atoms with E-state index in [1.807, 2.05) is 50.2 Å². The Morgan fingerprint density at radius 2 is 1.71 bits per heavy atom. The minimum Gasteiger partial charge on any atom is -0.460 e. The topological polar surface area (TPSA) is 72.8 Å². The van der Waals surface area contributed by atoms with Gasteiger partial charge in [0, 0.05) is 21.4 Å². The van der Waals surface area contributed by atoms with Crippen LogP contribution in [0.5, 0.6) is 0 Å². The number of rotatable bonds is 2. The number of halogens is 1. The monoisotopic (exact) mass is 379 g/mol. The van der Waals surface area contributed by atoms with Crippen LogP contribution in [0, 0.1) is 22.7 Å². The maximum absolute atomic E-state index is 9.53. The summed E-state index contributed by atoms with van der Waals surface area (Å²) in [6.45, 7) is 3.67. The highest BCUT2D eigenvalue weighted by atomic mass is 79.9. The summed E-state index contributed by atoms with van der Waals surface area (Å²) in [7, 11) is 0. The zero-order chi connectivity index (χ0) is 17.3. The predicted octanol–water partition coefficient (Wildman–Crippen LogP) is 4.99. The first-order valence-corrected chi connectivity index (χ1v) is 8.19. The Morgan fingerprint density at radius 1 is 1.04 bits per heavy atom. The number of benzene rings is 1. The molecule has 5 heteroatoms. The summed E-state index contributed by atoms with van der Waals surface area (Å²) in [6, 6.07) is 15.9. The molecule has 118 valence electrons. The average Bonchev–Trinajstić information content (AvgIpc) is 3.04. The smallest absolute Gasteiger partial charge is 0.134 e. The Balaban J connectivity index is 2.09. The van der Waals surface area contributed by atoms with Crippen LogP contribution in [0.15, 0.2) is 67.8 Å². The molecule has 1 N–H and O–H groups in total. The van der Waals surface area contributed by atoms with Gasteiger partial charge in [-0.05, 0) is 38.1 Å². The van der Waals surface area contributed by atoms with Gasteiger partial charge in [0.15, 0.2) is 0 Å². The molecule has 0 bridgehead atoms. The van der Waals surface area contributed by atoms with Crippen LogP contribution >= 0.6 is 15.9 Å². The van der Waals surface area contributed by atoms with Gasteiger partial charge in [-0.2, -0.15) is 10.5 Å². The van der Waals surface area contributed by atoms with E-state index in [4.69, 9.17) is 4.42 Å². The van der Waals surface area contributed by atoms with E-state index in [0.717, 1.165) is 21.4 Å².